The van der Waals surface area contributed by atoms with Gasteiger partial charge in [-0.2, -0.15) is 0 Å². The lowest BCUT2D eigenvalue weighted by Gasteiger charge is -2.50. The second-order valence-corrected chi connectivity index (χ2v) is 9.77. The number of carbonyl (C=O) groups excluding carboxylic acids is 5. The number of fused-ring (bicyclic) bond motifs is 1. The van der Waals surface area contributed by atoms with Crippen molar-refractivity contribution in [2.45, 2.75) is 85.1 Å². The third kappa shape index (κ3) is 4.99. The third-order valence-corrected chi connectivity index (χ3v) is 7.75. The van der Waals surface area contributed by atoms with Crippen LogP contribution in [0.25, 0.3) is 0 Å². The first-order valence-electron chi connectivity index (χ1n) is 13.4. The second kappa shape index (κ2) is 12.1. The molecule has 0 aromatic carbocycles. The average molecular weight is 522 g/mol. The average Bonchev–Trinajstić information content (AvgIpc) is 2.88. The summed E-state index contributed by atoms with van der Waals surface area (Å²) in [7, 11) is 0. The number of allylic oxidation sites excluding steroid dienone is 1. The molecule has 2 saturated carbocycles. The van der Waals surface area contributed by atoms with Crippen LogP contribution in [0.15, 0.2) is 11.8 Å². The van der Waals surface area contributed by atoms with Crippen molar-refractivity contribution in [3.63, 3.8) is 0 Å². The molecule has 3 aliphatic rings. The second-order valence-electron chi connectivity index (χ2n) is 9.77. The Bertz CT molecular complexity index is 898. The molecule has 0 N–H and O–H groups in total. The fraction of sp³-hybridized carbons (Fsp3) is 0.741. The lowest BCUT2D eigenvalue weighted by molar-refractivity contribution is -0.208. The van der Waals surface area contributed by atoms with Crippen LogP contribution < -0.4 is 0 Å². The molecule has 206 valence electrons. The van der Waals surface area contributed by atoms with E-state index < -0.39 is 40.6 Å². The summed E-state index contributed by atoms with van der Waals surface area (Å²) in [4.78, 5) is 69.8. The molecular formula is C27H39NO9. The van der Waals surface area contributed by atoms with Gasteiger partial charge in [-0.15, -0.1) is 0 Å². The van der Waals surface area contributed by atoms with Gasteiger partial charge in [0.1, 0.15) is 0 Å². The van der Waals surface area contributed by atoms with Gasteiger partial charge in [-0.25, -0.2) is 0 Å². The Balaban J connectivity index is 2.24. The summed E-state index contributed by atoms with van der Waals surface area (Å²) in [6.45, 7) is 5.91. The van der Waals surface area contributed by atoms with Gasteiger partial charge in [0.05, 0.1) is 26.4 Å². The standard InChI is InChI=1S/C27H39NO9/c1-5-34-22(30)26(23(31)35-6-2)15-18-14-21(29)28(20-12-10-9-11-13-20)17-19(18)16-27(26,24(32)36-7-3)25(33)37-8-4/h17-18,20H,5-16H2,1-4H3. The van der Waals surface area contributed by atoms with Crippen molar-refractivity contribution < 1.29 is 42.9 Å². The largest absolute Gasteiger partial charge is 0.465 e. The molecule has 10 nitrogen and oxygen atoms in total. The summed E-state index contributed by atoms with van der Waals surface area (Å²) in [5.74, 6) is -4.88. The van der Waals surface area contributed by atoms with E-state index >= 15 is 0 Å². The van der Waals surface area contributed by atoms with Crippen LogP contribution >= 0.6 is 0 Å². The number of amides is 1. The van der Waals surface area contributed by atoms with Gasteiger partial charge in [0.2, 0.25) is 5.91 Å². The minimum Gasteiger partial charge on any atom is -0.465 e. The topological polar surface area (TPSA) is 126 Å². The van der Waals surface area contributed by atoms with Crippen molar-refractivity contribution in [2.75, 3.05) is 26.4 Å². The molecule has 1 heterocycles. The summed E-state index contributed by atoms with van der Waals surface area (Å²) in [5, 5.41) is 0. The molecule has 3 rings (SSSR count). The quantitative estimate of drug-likeness (QED) is 0.256. The van der Waals surface area contributed by atoms with Crippen LogP contribution in [-0.4, -0.2) is 67.2 Å². The first-order valence-corrected chi connectivity index (χ1v) is 13.4. The van der Waals surface area contributed by atoms with Crippen LogP contribution in [0.5, 0.6) is 0 Å². The highest BCUT2D eigenvalue weighted by molar-refractivity contribution is 6.15. The smallest absolute Gasteiger partial charge is 0.325 e. The number of hydrogen-bond donors (Lipinski definition) is 0. The monoisotopic (exact) mass is 521 g/mol. The Morgan fingerprint density at radius 3 is 1.70 bits per heavy atom. The molecule has 1 amide bonds. The van der Waals surface area contributed by atoms with Gasteiger partial charge in [-0.3, -0.25) is 24.0 Å². The van der Waals surface area contributed by atoms with Crippen LogP contribution in [-0.2, 0) is 42.9 Å². The van der Waals surface area contributed by atoms with Crippen LogP contribution in [0.1, 0.15) is 79.1 Å². The predicted octanol–water partition coefficient (Wildman–Crippen LogP) is 3.07. The molecule has 10 heteroatoms. The van der Waals surface area contributed by atoms with E-state index in [2.05, 4.69) is 0 Å². The Morgan fingerprint density at radius 2 is 1.24 bits per heavy atom. The van der Waals surface area contributed by atoms with E-state index in [-0.39, 0.29) is 57.6 Å². The zero-order valence-corrected chi connectivity index (χ0v) is 22.3. The highest BCUT2D eigenvalue weighted by Gasteiger charge is 2.76. The SMILES string of the molecule is CCOC(=O)C1(C(=O)OCC)CC2=CN(C3CCCCC3)C(=O)CC2CC1(C(=O)OCC)C(=O)OCC. The van der Waals surface area contributed by atoms with Gasteiger partial charge in [0.15, 0.2) is 10.8 Å². The first kappa shape index (κ1) is 28.7. The minimum atomic E-state index is -2.37. The molecule has 0 saturated heterocycles. The van der Waals surface area contributed by atoms with E-state index in [1.54, 1.807) is 38.8 Å². The van der Waals surface area contributed by atoms with Crippen molar-refractivity contribution >= 4 is 29.8 Å². The predicted molar refractivity (Wildman–Crippen MR) is 131 cm³/mol. The molecule has 0 spiro atoms. The maximum Gasteiger partial charge on any atom is 0.325 e. The van der Waals surface area contributed by atoms with Gasteiger partial charge in [-0.1, -0.05) is 19.3 Å². The molecule has 1 aliphatic heterocycles. The Kier molecular flexibility index (Phi) is 9.36. The molecule has 1 unspecified atom stereocenters. The molecule has 0 aromatic heterocycles. The van der Waals surface area contributed by atoms with E-state index in [4.69, 9.17) is 18.9 Å². The fourth-order valence-corrected chi connectivity index (χ4v) is 6.06. The molecule has 0 radical (unpaired) electrons. The van der Waals surface area contributed by atoms with Crippen molar-refractivity contribution in [1.29, 1.82) is 0 Å². The van der Waals surface area contributed by atoms with E-state index in [9.17, 15) is 24.0 Å². The molecule has 1 atom stereocenters. The van der Waals surface area contributed by atoms with Gasteiger partial charge in [0, 0.05) is 18.7 Å². The lowest BCUT2D eigenvalue weighted by Crippen LogP contribution is -2.66. The highest BCUT2D eigenvalue weighted by Crippen LogP contribution is 2.59. The first-order chi connectivity index (χ1) is 17.7. The number of carbonyl (C=O) groups is 5. The maximum absolute atomic E-state index is 13.7. The van der Waals surface area contributed by atoms with Crippen molar-refractivity contribution in [3.05, 3.63) is 11.8 Å². The molecule has 2 aliphatic carbocycles. The summed E-state index contributed by atoms with van der Waals surface area (Å²) in [6, 6.07) is 0.0380. The number of nitrogens with zero attached hydrogens (tertiary/aromatic N) is 1. The molecule has 0 aromatic rings. The van der Waals surface area contributed by atoms with Crippen LogP contribution in [0.4, 0.5) is 0 Å². The summed E-state index contributed by atoms with van der Waals surface area (Å²) in [6.07, 6.45) is 6.05. The number of rotatable bonds is 9. The van der Waals surface area contributed by atoms with Crippen molar-refractivity contribution in [2.24, 2.45) is 16.7 Å². The van der Waals surface area contributed by atoms with Crippen molar-refractivity contribution in [3.8, 4) is 0 Å². The van der Waals surface area contributed by atoms with Gasteiger partial charge < -0.3 is 23.8 Å². The molecule has 37 heavy (non-hydrogen) atoms. The van der Waals surface area contributed by atoms with Crippen molar-refractivity contribution in [1.82, 2.24) is 4.90 Å². The summed E-state index contributed by atoms with van der Waals surface area (Å²) in [5.41, 5.74) is -4.10. The summed E-state index contributed by atoms with van der Waals surface area (Å²) >= 11 is 0. The van der Waals surface area contributed by atoms with E-state index in [0.29, 0.717) is 5.57 Å². The normalized spacial score (nSPS) is 22.8. The molecule has 2 fully saturated rings. The van der Waals surface area contributed by atoms with Gasteiger partial charge in [-0.05, 0) is 64.9 Å². The van der Waals surface area contributed by atoms with Gasteiger partial charge >= 0.3 is 23.9 Å². The Morgan fingerprint density at radius 1 is 0.784 bits per heavy atom. The Labute approximate surface area is 218 Å². The van der Waals surface area contributed by atoms with E-state index in [0.717, 1.165) is 32.1 Å². The van der Waals surface area contributed by atoms with E-state index in [1.165, 1.54) is 0 Å². The van der Waals surface area contributed by atoms with E-state index in [1.807, 2.05) is 0 Å². The number of ether oxygens (including phenoxy) is 4. The minimum absolute atomic E-state index is 0.0380. The highest BCUT2D eigenvalue weighted by atomic mass is 16.6. The van der Waals surface area contributed by atoms with Gasteiger partial charge in [0.25, 0.3) is 0 Å². The Hall–Kier alpha value is -2.91. The third-order valence-electron chi connectivity index (χ3n) is 7.75. The van der Waals surface area contributed by atoms with Crippen LogP contribution in [0, 0.1) is 16.7 Å². The fourth-order valence-electron chi connectivity index (χ4n) is 6.06. The molecule has 0 bridgehead atoms. The number of esters is 4. The lowest BCUT2D eigenvalue weighted by atomic mass is 9.51. The zero-order valence-electron chi connectivity index (χ0n) is 22.3. The van der Waals surface area contributed by atoms with Crippen LogP contribution in [0.3, 0.4) is 0 Å². The summed E-state index contributed by atoms with van der Waals surface area (Å²) < 4.78 is 21.3. The number of hydrogen-bond acceptors (Lipinski definition) is 9. The maximum atomic E-state index is 13.7. The van der Waals surface area contributed by atoms with Crippen LogP contribution in [0.2, 0.25) is 0 Å². The zero-order chi connectivity index (χ0) is 27.2. The molecular weight excluding hydrogens is 482 g/mol.